The fourth-order valence-corrected chi connectivity index (χ4v) is 6.09. The Kier molecular flexibility index (Phi) is 28.9. The van der Waals surface area contributed by atoms with E-state index in [2.05, 4.69) is 12.2 Å². The molecule has 0 bridgehead atoms. The highest BCUT2D eigenvalue weighted by atomic mass is 31.2. The molecule has 45 heavy (non-hydrogen) atoms. The summed E-state index contributed by atoms with van der Waals surface area (Å²) in [4.78, 5) is 23.6. The third-order valence-electron chi connectivity index (χ3n) is 8.28. The van der Waals surface area contributed by atoms with Crippen LogP contribution in [-0.2, 0) is 18.4 Å². The van der Waals surface area contributed by atoms with Crippen LogP contribution in [0.5, 0.6) is 0 Å². The van der Waals surface area contributed by atoms with Crippen molar-refractivity contribution in [2.24, 2.45) is 0 Å². The summed E-state index contributed by atoms with van der Waals surface area (Å²) in [5.41, 5.74) is 0. The molecule has 0 aliphatic carbocycles. The van der Waals surface area contributed by atoms with E-state index >= 15 is 0 Å². The van der Waals surface area contributed by atoms with Crippen LogP contribution in [0.25, 0.3) is 0 Å². The molecule has 1 amide bonds. The SMILES string of the molecule is CCCCCCCCCCCCCCCCCCCCCCCC/C=C/C(O)C(COP(=O)([O-])OCC[N+](C)(C)C)NC(C)=O. The van der Waals surface area contributed by atoms with Gasteiger partial charge in [0.1, 0.15) is 13.2 Å². The molecule has 0 aromatic rings. The fraction of sp³-hybridized carbons (Fsp3) is 0.917. The van der Waals surface area contributed by atoms with Gasteiger partial charge in [-0.1, -0.05) is 154 Å². The van der Waals surface area contributed by atoms with Gasteiger partial charge in [0.05, 0.1) is 39.9 Å². The van der Waals surface area contributed by atoms with Gasteiger partial charge in [-0.2, -0.15) is 0 Å². The fourth-order valence-electron chi connectivity index (χ4n) is 5.36. The van der Waals surface area contributed by atoms with Crippen molar-refractivity contribution in [2.45, 2.75) is 174 Å². The summed E-state index contributed by atoms with van der Waals surface area (Å²) in [6, 6.07) is -0.882. The molecule has 0 rings (SSSR count). The average Bonchev–Trinajstić information content (AvgIpc) is 2.96. The second-order valence-electron chi connectivity index (χ2n) is 14.0. The summed E-state index contributed by atoms with van der Waals surface area (Å²) < 4.78 is 22.5. The van der Waals surface area contributed by atoms with Crippen LogP contribution in [0.15, 0.2) is 12.2 Å². The molecule has 0 saturated heterocycles. The van der Waals surface area contributed by atoms with Crippen molar-refractivity contribution < 1.29 is 32.9 Å². The van der Waals surface area contributed by atoms with Crippen molar-refractivity contribution in [3.8, 4) is 0 Å². The first-order valence-corrected chi connectivity index (χ1v) is 20.0. The lowest BCUT2D eigenvalue weighted by Crippen LogP contribution is -2.45. The Balaban J connectivity index is 3.73. The minimum Gasteiger partial charge on any atom is -0.756 e. The molecule has 3 unspecified atom stereocenters. The van der Waals surface area contributed by atoms with Crippen LogP contribution in [0, 0.1) is 0 Å². The smallest absolute Gasteiger partial charge is 0.268 e. The molecule has 0 saturated carbocycles. The number of amides is 1. The molecule has 0 fully saturated rings. The van der Waals surface area contributed by atoms with Crippen LogP contribution in [0.1, 0.15) is 162 Å². The molecule has 0 aliphatic rings. The number of hydrogen-bond donors (Lipinski definition) is 2. The maximum atomic E-state index is 12.1. The number of aliphatic hydroxyl groups is 1. The lowest BCUT2D eigenvalue weighted by atomic mass is 10.0. The van der Waals surface area contributed by atoms with E-state index in [0.29, 0.717) is 11.0 Å². The number of phosphoric ester groups is 1. The normalized spacial score (nSPS) is 14.9. The van der Waals surface area contributed by atoms with Crippen LogP contribution < -0.4 is 10.2 Å². The predicted octanol–water partition coefficient (Wildman–Crippen LogP) is 8.61. The van der Waals surface area contributed by atoms with Gasteiger partial charge in [-0.05, 0) is 12.8 Å². The Labute approximate surface area is 278 Å². The maximum Gasteiger partial charge on any atom is 0.268 e. The lowest BCUT2D eigenvalue weighted by molar-refractivity contribution is -0.870. The van der Waals surface area contributed by atoms with Gasteiger partial charge in [0.2, 0.25) is 5.91 Å². The molecular formula is C36H73N2O6P. The maximum absolute atomic E-state index is 12.1. The van der Waals surface area contributed by atoms with E-state index in [1.54, 1.807) is 6.08 Å². The van der Waals surface area contributed by atoms with Gasteiger partial charge >= 0.3 is 0 Å². The Morgan fingerprint density at radius 1 is 0.756 bits per heavy atom. The van der Waals surface area contributed by atoms with Crippen LogP contribution >= 0.6 is 7.82 Å². The van der Waals surface area contributed by atoms with E-state index in [4.69, 9.17) is 9.05 Å². The highest BCUT2D eigenvalue weighted by molar-refractivity contribution is 7.45. The first-order chi connectivity index (χ1) is 21.5. The van der Waals surface area contributed by atoms with Gasteiger partial charge in [-0.3, -0.25) is 9.36 Å². The molecule has 3 atom stereocenters. The highest BCUT2D eigenvalue weighted by Gasteiger charge is 2.22. The summed E-state index contributed by atoms with van der Waals surface area (Å²) in [7, 11) is 1.25. The molecule has 0 aromatic carbocycles. The Bertz CT molecular complexity index is 758. The van der Waals surface area contributed by atoms with E-state index in [1.165, 1.54) is 135 Å². The number of unbranched alkanes of at least 4 members (excludes halogenated alkanes) is 22. The van der Waals surface area contributed by atoms with E-state index < -0.39 is 26.6 Å². The van der Waals surface area contributed by atoms with Crippen molar-refractivity contribution in [3.05, 3.63) is 12.2 Å². The van der Waals surface area contributed by atoms with Crippen molar-refractivity contribution in [2.75, 3.05) is 40.9 Å². The number of nitrogens with zero attached hydrogens (tertiary/aromatic N) is 1. The van der Waals surface area contributed by atoms with Gasteiger partial charge in [-0.25, -0.2) is 0 Å². The summed E-state index contributed by atoms with van der Waals surface area (Å²) in [6.07, 6.45) is 33.3. The van der Waals surface area contributed by atoms with Gasteiger partial charge in [0, 0.05) is 6.92 Å². The van der Waals surface area contributed by atoms with Gasteiger partial charge in [0.25, 0.3) is 7.82 Å². The van der Waals surface area contributed by atoms with Crippen molar-refractivity contribution >= 4 is 13.7 Å². The van der Waals surface area contributed by atoms with Crippen molar-refractivity contribution in [1.29, 1.82) is 0 Å². The third-order valence-corrected chi connectivity index (χ3v) is 9.25. The van der Waals surface area contributed by atoms with E-state index in [0.717, 1.165) is 19.3 Å². The molecule has 0 aliphatic heterocycles. The number of carbonyl (C=O) groups excluding carboxylic acids is 1. The molecule has 0 aromatic heterocycles. The number of likely N-dealkylation sites (N-methyl/N-ethyl adjacent to an activating group) is 1. The number of carbonyl (C=O) groups is 1. The summed E-state index contributed by atoms with van der Waals surface area (Å²) in [5.74, 6) is -0.373. The van der Waals surface area contributed by atoms with Crippen LogP contribution in [0.2, 0.25) is 0 Å². The quantitative estimate of drug-likeness (QED) is 0.0316. The predicted molar refractivity (Wildman–Crippen MR) is 187 cm³/mol. The molecule has 268 valence electrons. The number of hydrogen-bond acceptors (Lipinski definition) is 6. The molecule has 2 N–H and O–H groups in total. The van der Waals surface area contributed by atoms with Gasteiger partial charge in [0.15, 0.2) is 0 Å². The van der Waals surface area contributed by atoms with E-state index in [1.807, 2.05) is 27.2 Å². The molecule has 9 heteroatoms. The lowest BCUT2D eigenvalue weighted by Gasteiger charge is -2.29. The molecule has 8 nitrogen and oxygen atoms in total. The second-order valence-corrected chi connectivity index (χ2v) is 15.4. The second kappa shape index (κ2) is 29.4. The number of phosphoric acid groups is 1. The average molecular weight is 661 g/mol. The monoisotopic (exact) mass is 661 g/mol. The highest BCUT2D eigenvalue weighted by Crippen LogP contribution is 2.38. The number of aliphatic hydroxyl groups excluding tert-OH is 1. The van der Waals surface area contributed by atoms with Crippen LogP contribution in [0.4, 0.5) is 0 Å². The van der Waals surface area contributed by atoms with Crippen LogP contribution in [-0.4, -0.2) is 68.5 Å². The van der Waals surface area contributed by atoms with Crippen molar-refractivity contribution in [3.63, 3.8) is 0 Å². The van der Waals surface area contributed by atoms with Crippen LogP contribution in [0.3, 0.4) is 0 Å². The van der Waals surface area contributed by atoms with Gasteiger partial charge < -0.3 is 28.8 Å². The minimum absolute atomic E-state index is 0.00290. The molecule has 0 radical (unpaired) electrons. The summed E-state index contributed by atoms with van der Waals surface area (Å²) >= 11 is 0. The Hall–Kier alpha value is -0.760. The zero-order chi connectivity index (χ0) is 33.7. The number of allylic oxidation sites excluding steroid dienone is 1. The first kappa shape index (κ1) is 44.2. The summed E-state index contributed by atoms with van der Waals surface area (Å²) in [6.45, 7) is 3.70. The zero-order valence-corrected chi connectivity index (χ0v) is 31.0. The summed E-state index contributed by atoms with van der Waals surface area (Å²) in [5, 5.41) is 13.1. The Morgan fingerprint density at radius 2 is 1.16 bits per heavy atom. The Morgan fingerprint density at radius 3 is 1.53 bits per heavy atom. The standard InChI is InChI=1S/C36H73N2O6P/c1-6-7-8-9-10-11-12-13-14-15-16-17-18-19-20-21-22-23-24-25-26-27-28-29-30-36(40)35(37-34(2)39)33-44-45(41,42)43-32-31-38(3,4)5/h29-30,35-36,40H,6-28,31-33H2,1-5H3,(H-,37,39,41,42)/b30-29+. The largest absolute Gasteiger partial charge is 0.756 e. The molecule has 0 spiro atoms. The van der Waals surface area contributed by atoms with E-state index in [9.17, 15) is 19.4 Å². The first-order valence-electron chi connectivity index (χ1n) is 18.5. The molecular weight excluding hydrogens is 587 g/mol. The van der Waals surface area contributed by atoms with Gasteiger partial charge in [-0.15, -0.1) is 0 Å². The number of quaternary nitrogens is 1. The third kappa shape index (κ3) is 33.0. The van der Waals surface area contributed by atoms with Crippen molar-refractivity contribution in [1.82, 2.24) is 5.32 Å². The molecule has 0 heterocycles. The van der Waals surface area contributed by atoms with E-state index in [-0.39, 0.29) is 12.5 Å². The topological polar surface area (TPSA) is 108 Å². The number of rotatable bonds is 33. The zero-order valence-electron chi connectivity index (χ0n) is 30.1. The number of nitrogens with one attached hydrogen (secondary N) is 1. The minimum atomic E-state index is -4.53.